The molecule has 0 amide bonds. The van der Waals surface area contributed by atoms with E-state index in [2.05, 4.69) is 12.0 Å². The van der Waals surface area contributed by atoms with E-state index in [1.54, 1.807) is 12.1 Å². The van der Waals surface area contributed by atoms with Crippen LogP contribution in [0.2, 0.25) is 0 Å². The van der Waals surface area contributed by atoms with E-state index >= 15 is 0 Å². The van der Waals surface area contributed by atoms with Crippen molar-refractivity contribution in [3.8, 4) is 0 Å². The predicted octanol–water partition coefficient (Wildman–Crippen LogP) is 3.21. The molecule has 2 aromatic rings. The first-order chi connectivity index (χ1) is 8.91. The molecule has 0 bridgehead atoms. The van der Waals surface area contributed by atoms with E-state index in [1.165, 1.54) is 17.7 Å². The van der Waals surface area contributed by atoms with Crippen LogP contribution in [-0.2, 0) is 0 Å². The van der Waals surface area contributed by atoms with Crippen LogP contribution >= 0.6 is 0 Å². The minimum atomic E-state index is -0.245. The van der Waals surface area contributed by atoms with Crippen LogP contribution < -0.4 is 5.73 Å². The molecular formula is C15H20FN3. The van der Waals surface area contributed by atoms with Crippen LogP contribution in [0.25, 0.3) is 0 Å². The van der Waals surface area contributed by atoms with E-state index in [9.17, 15) is 4.39 Å². The van der Waals surface area contributed by atoms with Gasteiger partial charge in [0.1, 0.15) is 5.82 Å². The first kappa shape index (κ1) is 13.7. The fraction of sp³-hybridized carbons (Fsp3) is 0.400. The third-order valence-corrected chi connectivity index (χ3v) is 3.85. The zero-order chi connectivity index (χ0) is 14.2. The van der Waals surface area contributed by atoms with Gasteiger partial charge in [0, 0.05) is 5.69 Å². The lowest BCUT2D eigenvalue weighted by molar-refractivity contribution is 0.405. The summed E-state index contributed by atoms with van der Waals surface area (Å²) in [6.07, 6.45) is 0. The fourth-order valence-corrected chi connectivity index (χ4v) is 2.26. The molecule has 0 radical (unpaired) electrons. The maximum absolute atomic E-state index is 12.9. The second-order valence-corrected chi connectivity index (χ2v) is 5.06. The summed E-state index contributed by atoms with van der Waals surface area (Å²) in [7, 11) is 0. The quantitative estimate of drug-likeness (QED) is 0.922. The molecule has 0 aliphatic rings. The number of nitrogens with zero attached hydrogens (tertiary/aromatic N) is 2. The normalized spacial score (nSPS) is 14.4. The minimum absolute atomic E-state index is 0.0258. The van der Waals surface area contributed by atoms with Gasteiger partial charge in [0.05, 0.1) is 17.8 Å². The molecule has 4 heteroatoms. The Morgan fingerprint density at radius 3 is 2.21 bits per heavy atom. The Kier molecular flexibility index (Phi) is 3.71. The van der Waals surface area contributed by atoms with Gasteiger partial charge in [0.2, 0.25) is 0 Å². The molecule has 19 heavy (non-hydrogen) atoms. The highest BCUT2D eigenvalue weighted by Gasteiger charge is 2.20. The SMILES string of the molecule is Cc1nn(C(C)C(N)c2ccc(F)cc2)c(C)c1C. The predicted molar refractivity (Wildman–Crippen MR) is 74.5 cm³/mol. The van der Waals surface area contributed by atoms with E-state index < -0.39 is 0 Å². The van der Waals surface area contributed by atoms with Crippen LogP contribution in [0.1, 0.15) is 41.5 Å². The van der Waals surface area contributed by atoms with E-state index in [0.717, 1.165) is 17.0 Å². The highest BCUT2D eigenvalue weighted by Crippen LogP contribution is 2.26. The van der Waals surface area contributed by atoms with Crippen molar-refractivity contribution in [1.82, 2.24) is 9.78 Å². The van der Waals surface area contributed by atoms with Crippen molar-refractivity contribution in [3.63, 3.8) is 0 Å². The largest absolute Gasteiger partial charge is 0.322 e. The third kappa shape index (κ3) is 2.54. The lowest BCUT2D eigenvalue weighted by Gasteiger charge is -2.22. The lowest BCUT2D eigenvalue weighted by atomic mass is 10.0. The van der Waals surface area contributed by atoms with Crippen molar-refractivity contribution in [2.75, 3.05) is 0 Å². The number of hydrogen-bond acceptors (Lipinski definition) is 2. The molecule has 2 N–H and O–H groups in total. The van der Waals surface area contributed by atoms with Gasteiger partial charge in [0.15, 0.2) is 0 Å². The maximum Gasteiger partial charge on any atom is 0.123 e. The van der Waals surface area contributed by atoms with Crippen molar-refractivity contribution in [2.45, 2.75) is 39.8 Å². The first-order valence-electron chi connectivity index (χ1n) is 6.45. The average molecular weight is 261 g/mol. The number of hydrogen-bond donors (Lipinski definition) is 1. The number of aromatic nitrogens is 2. The van der Waals surface area contributed by atoms with Crippen molar-refractivity contribution >= 4 is 0 Å². The summed E-state index contributed by atoms with van der Waals surface area (Å²) in [5, 5.41) is 4.54. The molecule has 0 fully saturated rings. The Hall–Kier alpha value is -1.68. The van der Waals surface area contributed by atoms with E-state index in [4.69, 9.17) is 5.73 Å². The number of benzene rings is 1. The summed E-state index contributed by atoms with van der Waals surface area (Å²) < 4.78 is 14.9. The molecule has 1 aromatic carbocycles. The summed E-state index contributed by atoms with van der Waals surface area (Å²) in [4.78, 5) is 0. The van der Waals surface area contributed by atoms with E-state index in [1.807, 2.05) is 25.5 Å². The summed E-state index contributed by atoms with van der Waals surface area (Å²) in [6, 6.07) is 6.16. The Morgan fingerprint density at radius 2 is 1.74 bits per heavy atom. The third-order valence-electron chi connectivity index (χ3n) is 3.85. The van der Waals surface area contributed by atoms with Gasteiger partial charge < -0.3 is 5.73 Å². The van der Waals surface area contributed by atoms with Crippen LogP contribution in [-0.4, -0.2) is 9.78 Å². The van der Waals surface area contributed by atoms with Gasteiger partial charge in [-0.1, -0.05) is 12.1 Å². The maximum atomic E-state index is 12.9. The smallest absolute Gasteiger partial charge is 0.123 e. The van der Waals surface area contributed by atoms with Gasteiger partial charge in [-0.25, -0.2) is 4.39 Å². The number of nitrogens with two attached hydrogens (primary N) is 1. The number of aryl methyl sites for hydroxylation is 1. The molecule has 1 aromatic heterocycles. The van der Waals surface area contributed by atoms with Crippen molar-refractivity contribution in [2.24, 2.45) is 5.73 Å². The summed E-state index contributed by atoms with van der Waals surface area (Å²) >= 11 is 0. The Labute approximate surface area is 113 Å². The van der Waals surface area contributed by atoms with Crippen molar-refractivity contribution < 1.29 is 4.39 Å². The Balaban J connectivity index is 2.30. The molecule has 0 aliphatic carbocycles. The molecule has 1 heterocycles. The molecule has 2 rings (SSSR count). The van der Waals surface area contributed by atoms with Crippen LogP contribution in [0.3, 0.4) is 0 Å². The Morgan fingerprint density at radius 1 is 1.16 bits per heavy atom. The second-order valence-electron chi connectivity index (χ2n) is 5.06. The molecule has 0 saturated heterocycles. The summed E-state index contributed by atoms with van der Waals surface area (Å²) in [5.74, 6) is -0.245. The first-order valence-corrected chi connectivity index (χ1v) is 6.45. The molecule has 2 atom stereocenters. The van der Waals surface area contributed by atoms with E-state index in [0.29, 0.717) is 0 Å². The van der Waals surface area contributed by atoms with Crippen molar-refractivity contribution in [1.29, 1.82) is 0 Å². The van der Waals surface area contributed by atoms with Crippen LogP contribution in [0.5, 0.6) is 0 Å². The highest BCUT2D eigenvalue weighted by atomic mass is 19.1. The molecule has 0 saturated carbocycles. The highest BCUT2D eigenvalue weighted by molar-refractivity contribution is 5.25. The molecule has 102 valence electrons. The summed E-state index contributed by atoms with van der Waals surface area (Å²) in [6.45, 7) is 8.13. The van der Waals surface area contributed by atoms with Gasteiger partial charge in [-0.3, -0.25) is 4.68 Å². The van der Waals surface area contributed by atoms with E-state index in [-0.39, 0.29) is 17.9 Å². The minimum Gasteiger partial charge on any atom is -0.322 e. The molecule has 3 nitrogen and oxygen atoms in total. The molecular weight excluding hydrogens is 241 g/mol. The molecule has 2 unspecified atom stereocenters. The van der Waals surface area contributed by atoms with Gasteiger partial charge in [0.25, 0.3) is 0 Å². The monoisotopic (exact) mass is 261 g/mol. The van der Waals surface area contributed by atoms with Gasteiger partial charge in [-0.05, 0) is 51.0 Å². The number of rotatable bonds is 3. The fourth-order valence-electron chi connectivity index (χ4n) is 2.26. The van der Waals surface area contributed by atoms with Crippen molar-refractivity contribution in [3.05, 3.63) is 52.6 Å². The molecule has 0 aliphatic heterocycles. The molecule has 0 spiro atoms. The average Bonchev–Trinajstić information content (AvgIpc) is 2.66. The van der Waals surface area contributed by atoms with Crippen LogP contribution in [0.15, 0.2) is 24.3 Å². The van der Waals surface area contributed by atoms with Gasteiger partial charge >= 0.3 is 0 Å². The second kappa shape index (κ2) is 5.13. The van der Waals surface area contributed by atoms with Crippen LogP contribution in [0.4, 0.5) is 4.39 Å². The topological polar surface area (TPSA) is 43.8 Å². The zero-order valence-electron chi connectivity index (χ0n) is 11.8. The Bertz CT molecular complexity index is 572. The van der Waals surface area contributed by atoms with Gasteiger partial charge in [-0.15, -0.1) is 0 Å². The summed E-state index contributed by atoms with van der Waals surface area (Å²) in [5.41, 5.74) is 10.5. The lowest BCUT2D eigenvalue weighted by Crippen LogP contribution is -2.24. The standard InChI is InChI=1S/C15H20FN3/c1-9-10(2)18-19(11(9)3)12(4)15(17)13-5-7-14(16)8-6-13/h5-8,12,15H,17H2,1-4H3. The van der Waals surface area contributed by atoms with Crippen LogP contribution in [0, 0.1) is 26.6 Å². The van der Waals surface area contributed by atoms with Gasteiger partial charge in [-0.2, -0.15) is 5.10 Å². The zero-order valence-corrected chi connectivity index (χ0v) is 11.8. The number of halogens is 1.